The van der Waals surface area contributed by atoms with Crippen LogP contribution in [0, 0.1) is 0 Å². The fraction of sp³-hybridized carbons (Fsp3) is 0.231. The van der Waals surface area contributed by atoms with E-state index in [4.69, 9.17) is 4.42 Å². The van der Waals surface area contributed by atoms with Gasteiger partial charge in [0.2, 0.25) is 0 Å². The van der Waals surface area contributed by atoms with Gasteiger partial charge in [0.05, 0.1) is 12.5 Å². The van der Waals surface area contributed by atoms with Gasteiger partial charge < -0.3 is 9.73 Å². The zero-order valence-corrected chi connectivity index (χ0v) is 11.4. The molecule has 5 nitrogen and oxygen atoms in total. The molecule has 1 N–H and O–H groups in total. The number of nitrogens with zero attached hydrogens (tertiary/aromatic N) is 3. The van der Waals surface area contributed by atoms with Gasteiger partial charge in [-0.05, 0) is 12.1 Å². The molecule has 3 rings (SSSR count). The number of rotatable bonds is 5. The molecule has 0 atom stereocenters. The van der Waals surface area contributed by atoms with Crippen LogP contribution < -0.4 is 5.32 Å². The molecule has 6 heteroatoms. The summed E-state index contributed by atoms with van der Waals surface area (Å²) in [5, 5.41) is 8.43. The van der Waals surface area contributed by atoms with Gasteiger partial charge in [0.15, 0.2) is 10.8 Å². The summed E-state index contributed by atoms with van der Waals surface area (Å²) >= 11 is 1.64. The van der Waals surface area contributed by atoms with Gasteiger partial charge in [-0.15, -0.1) is 11.3 Å². The van der Waals surface area contributed by atoms with Crippen LogP contribution in [-0.2, 0) is 20.1 Å². The van der Waals surface area contributed by atoms with E-state index < -0.39 is 0 Å². The average molecular weight is 274 g/mol. The second-order valence-electron chi connectivity index (χ2n) is 4.23. The molecule has 0 aromatic carbocycles. The van der Waals surface area contributed by atoms with Crippen LogP contribution in [-0.4, -0.2) is 14.8 Å². The maximum absolute atomic E-state index is 5.33. The van der Waals surface area contributed by atoms with Crippen LogP contribution in [0.3, 0.4) is 0 Å². The molecule has 0 spiro atoms. The van der Waals surface area contributed by atoms with E-state index in [9.17, 15) is 0 Å². The summed E-state index contributed by atoms with van der Waals surface area (Å²) in [4.78, 5) is 5.55. The van der Waals surface area contributed by atoms with E-state index in [0.717, 1.165) is 23.9 Å². The van der Waals surface area contributed by atoms with E-state index in [-0.39, 0.29) is 0 Å². The Bertz CT molecular complexity index is 641. The maximum Gasteiger partial charge on any atom is 0.162 e. The molecule has 98 valence electrons. The van der Waals surface area contributed by atoms with E-state index in [2.05, 4.69) is 15.4 Å². The van der Waals surface area contributed by atoms with Gasteiger partial charge in [-0.2, -0.15) is 5.10 Å². The number of aryl methyl sites for hydroxylation is 1. The lowest BCUT2D eigenvalue weighted by Crippen LogP contribution is -2.11. The van der Waals surface area contributed by atoms with Gasteiger partial charge in [-0.1, -0.05) is 0 Å². The lowest BCUT2D eigenvalue weighted by Gasteiger charge is -1.99. The summed E-state index contributed by atoms with van der Waals surface area (Å²) in [5.41, 5.74) is 1.18. The Morgan fingerprint density at radius 1 is 1.37 bits per heavy atom. The average Bonchev–Trinajstić information content (AvgIpc) is 3.09. The minimum atomic E-state index is 0.799. The summed E-state index contributed by atoms with van der Waals surface area (Å²) in [6.45, 7) is 1.61. The molecule has 0 fully saturated rings. The number of nitrogens with one attached hydrogen (secondary N) is 1. The van der Waals surface area contributed by atoms with Gasteiger partial charge in [0.1, 0.15) is 0 Å². The summed E-state index contributed by atoms with van der Waals surface area (Å²) in [6.07, 6.45) is 7.43. The van der Waals surface area contributed by atoms with Gasteiger partial charge in [0, 0.05) is 43.0 Å². The lowest BCUT2D eigenvalue weighted by molar-refractivity contribution is 0.582. The van der Waals surface area contributed by atoms with Crippen molar-refractivity contribution in [3.8, 4) is 10.8 Å². The highest BCUT2D eigenvalue weighted by Gasteiger charge is 2.06. The summed E-state index contributed by atoms with van der Waals surface area (Å²) in [7, 11) is 1.92. The van der Waals surface area contributed by atoms with Gasteiger partial charge >= 0.3 is 0 Å². The summed E-state index contributed by atoms with van der Waals surface area (Å²) < 4.78 is 7.13. The molecule has 0 amide bonds. The van der Waals surface area contributed by atoms with Crippen molar-refractivity contribution in [2.24, 2.45) is 7.05 Å². The van der Waals surface area contributed by atoms with Gasteiger partial charge in [-0.25, -0.2) is 4.98 Å². The van der Waals surface area contributed by atoms with Crippen molar-refractivity contribution in [3.63, 3.8) is 0 Å². The van der Waals surface area contributed by atoms with Crippen molar-refractivity contribution < 1.29 is 4.42 Å². The largest absolute Gasteiger partial charge is 0.462 e. The Hall–Kier alpha value is -1.92. The minimum Gasteiger partial charge on any atom is -0.462 e. The standard InChI is InChI=1S/C13H14N4OS/c1-17-9-10(6-16-17)5-14-7-11-8-15-13(19-11)12-3-2-4-18-12/h2-4,6,8-9,14H,5,7H2,1H3. The molecule has 19 heavy (non-hydrogen) atoms. The second-order valence-corrected chi connectivity index (χ2v) is 5.35. The first-order valence-corrected chi connectivity index (χ1v) is 6.80. The molecule has 3 aromatic heterocycles. The molecule has 0 unspecified atom stereocenters. The topological polar surface area (TPSA) is 55.9 Å². The second kappa shape index (κ2) is 5.38. The third-order valence-electron chi connectivity index (χ3n) is 2.67. The van der Waals surface area contributed by atoms with E-state index in [1.807, 2.05) is 37.8 Å². The number of aromatic nitrogens is 3. The third-order valence-corrected chi connectivity index (χ3v) is 3.68. The molecule has 0 aliphatic rings. The van der Waals surface area contributed by atoms with Crippen LogP contribution >= 0.6 is 11.3 Å². The Kier molecular flexibility index (Phi) is 3.43. The van der Waals surface area contributed by atoms with Crippen molar-refractivity contribution >= 4 is 11.3 Å². The number of furan rings is 1. The monoisotopic (exact) mass is 274 g/mol. The minimum absolute atomic E-state index is 0.799. The van der Waals surface area contributed by atoms with Crippen molar-refractivity contribution in [1.82, 2.24) is 20.1 Å². The summed E-state index contributed by atoms with van der Waals surface area (Å²) in [5.74, 6) is 0.823. The highest BCUT2D eigenvalue weighted by Crippen LogP contribution is 2.25. The van der Waals surface area contributed by atoms with Crippen LogP contribution in [0.15, 0.2) is 41.4 Å². The normalized spacial score (nSPS) is 11.0. The third kappa shape index (κ3) is 2.91. The molecule has 0 aliphatic heterocycles. The highest BCUT2D eigenvalue weighted by molar-refractivity contribution is 7.14. The molecule has 0 aliphatic carbocycles. The van der Waals surface area contributed by atoms with E-state index >= 15 is 0 Å². The predicted octanol–water partition coefficient (Wildman–Crippen LogP) is 2.43. The van der Waals surface area contributed by atoms with Crippen molar-refractivity contribution in [1.29, 1.82) is 0 Å². The van der Waals surface area contributed by atoms with E-state index in [1.54, 1.807) is 22.3 Å². The first-order valence-electron chi connectivity index (χ1n) is 5.98. The fourth-order valence-corrected chi connectivity index (χ4v) is 2.65. The van der Waals surface area contributed by atoms with Gasteiger partial charge in [0.25, 0.3) is 0 Å². The number of thiazole rings is 1. The van der Waals surface area contributed by atoms with Crippen LogP contribution in [0.5, 0.6) is 0 Å². The zero-order valence-electron chi connectivity index (χ0n) is 10.5. The SMILES string of the molecule is Cn1cc(CNCc2cnc(-c3ccco3)s2)cn1. The predicted molar refractivity (Wildman–Crippen MR) is 73.6 cm³/mol. The molecular weight excluding hydrogens is 260 g/mol. The van der Waals surface area contributed by atoms with Gasteiger partial charge in [-0.3, -0.25) is 4.68 Å². The van der Waals surface area contributed by atoms with Crippen LogP contribution in [0.25, 0.3) is 10.8 Å². The molecular formula is C13H14N4OS. The number of hydrogen-bond donors (Lipinski definition) is 1. The fourth-order valence-electron chi connectivity index (χ4n) is 1.80. The Morgan fingerprint density at radius 3 is 3.05 bits per heavy atom. The molecule has 3 aromatic rings. The van der Waals surface area contributed by atoms with Crippen molar-refractivity contribution in [3.05, 3.63) is 47.4 Å². The smallest absolute Gasteiger partial charge is 0.162 e. The Labute approximate surface area is 114 Å². The molecule has 3 heterocycles. The van der Waals surface area contributed by atoms with Crippen LogP contribution in [0.1, 0.15) is 10.4 Å². The van der Waals surface area contributed by atoms with Crippen molar-refractivity contribution in [2.75, 3.05) is 0 Å². The van der Waals surface area contributed by atoms with E-state index in [0.29, 0.717) is 0 Å². The number of hydrogen-bond acceptors (Lipinski definition) is 5. The summed E-state index contributed by atoms with van der Waals surface area (Å²) in [6, 6.07) is 3.79. The van der Waals surface area contributed by atoms with Crippen molar-refractivity contribution in [2.45, 2.75) is 13.1 Å². The molecule has 0 radical (unpaired) electrons. The highest BCUT2D eigenvalue weighted by atomic mass is 32.1. The molecule has 0 saturated carbocycles. The zero-order chi connectivity index (χ0) is 13.1. The Balaban J connectivity index is 1.56. The lowest BCUT2D eigenvalue weighted by atomic mass is 10.3. The first kappa shape index (κ1) is 12.1. The van der Waals surface area contributed by atoms with Crippen LogP contribution in [0.4, 0.5) is 0 Å². The first-order chi connectivity index (χ1) is 9.31. The molecule has 0 saturated heterocycles. The molecule has 0 bridgehead atoms. The maximum atomic E-state index is 5.33. The van der Waals surface area contributed by atoms with E-state index in [1.165, 1.54) is 10.4 Å². The van der Waals surface area contributed by atoms with Crippen LogP contribution in [0.2, 0.25) is 0 Å². The quantitative estimate of drug-likeness (QED) is 0.776. The Morgan fingerprint density at radius 2 is 2.32 bits per heavy atom.